The molecule has 0 unspecified atom stereocenters. The molecule has 5 rings (SSSR count). The summed E-state index contributed by atoms with van der Waals surface area (Å²) in [4.78, 5) is 26.0. The van der Waals surface area contributed by atoms with Crippen molar-refractivity contribution in [2.75, 3.05) is 24.5 Å². The van der Waals surface area contributed by atoms with Crippen molar-refractivity contribution in [2.45, 2.75) is 32.5 Å². The average molecular weight is 349 g/mol. The van der Waals surface area contributed by atoms with Crippen LogP contribution in [-0.4, -0.2) is 40.4 Å². The van der Waals surface area contributed by atoms with E-state index in [0.29, 0.717) is 25.4 Å². The molecular weight excluding hydrogens is 326 g/mol. The number of carbonyl (C=O) groups is 1. The Morgan fingerprint density at radius 1 is 1.23 bits per heavy atom. The van der Waals surface area contributed by atoms with Crippen LogP contribution in [0.15, 0.2) is 30.6 Å². The van der Waals surface area contributed by atoms with Crippen molar-refractivity contribution in [3.8, 4) is 0 Å². The van der Waals surface area contributed by atoms with Crippen LogP contribution in [0.4, 0.5) is 5.69 Å². The minimum atomic E-state index is 0.259. The summed E-state index contributed by atoms with van der Waals surface area (Å²) in [5, 5.41) is 3.40. The van der Waals surface area contributed by atoms with Crippen LogP contribution >= 0.6 is 0 Å². The monoisotopic (exact) mass is 349 g/mol. The zero-order valence-electron chi connectivity index (χ0n) is 14.8. The molecule has 0 saturated carbocycles. The topological polar surface area (TPSA) is 61.4 Å². The first-order valence-corrected chi connectivity index (χ1v) is 9.40. The van der Waals surface area contributed by atoms with Gasteiger partial charge in [0.1, 0.15) is 0 Å². The first kappa shape index (κ1) is 15.8. The Labute approximate surface area is 153 Å². The van der Waals surface area contributed by atoms with Gasteiger partial charge in [0.2, 0.25) is 5.91 Å². The van der Waals surface area contributed by atoms with Gasteiger partial charge < -0.3 is 15.1 Å². The fraction of sp³-hybridized carbons (Fsp3) is 0.450. The highest BCUT2D eigenvalue weighted by Gasteiger charge is 2.32. The first-order valence-electron chi connectivity index (χ1n) is 9.40. The molecule has 1 fully saturated rings. The molecule has 0 bridgehead atoms. The van der Waals surface area contributed by atoms with Crippen molar-refractivity contribution in [3.63, 3.8) is 0 Å². The highest BCUT2D eigenvalue weighted by Crippen LogP contribution is 2.29. The Morgan fingerprint density at radius 2 is 2.15 bits per heavy atom. The zero-order valence-corrected chi connectivity index (χ0v) is 14.8. The van der Waals surface area contributed by atoms with E-state index in [1.165, 1.54) is 16.8 Å². The lowest BCUT2D eigenvalue weighted by Crippen LogP contribution is -2.48. The lowest BCUT2D eigenvalue weighted by Gasteiger charge is -2.41. The maximum absolute atomic E-state index is 12.7. The van der Waals surface area contributed by atoms with E-state index in [1.54, 1.807) is 6.20 Å². The Bertz CT molecular complexity index is 797. The van der Waals surface area contributed by atoms with Crippen LogP contribution in [0.1, 0.15) is 28.9 Å². The summed E-state index contributed by atoms with van der Waals surface area (Å²) in [7, 11) is 0. The normalized spacial score (nSPS) is 19.1. The third-order valence-electron chi connectivity index (χ3n) is 5.70. The number of nitrogens with one attached hydrogen (secondary N) is 1. The van der Waals surface area contributed by atoms with Crippen molar-refractivity contribution in [1.29, 1.82) is 0 Å². The number of hydrogen-bond acceptors (Lipinski definition) is 5. The number of rotatable bonds is 3. The second kappa shape index (κ2) is 6.36. The minimum Gasteiger partial charge on any atom is -0.370 e. The summed E-state index contributed by atoms with van der Waals surface area (Å²) in [5.74, 6) is 0.701. The third kappa shape index (κ3) is 2.84. The maximum atomic E-state index is 12.7. The lowest BCUT2D eigenvalue weighted by molar-refractivity contribution is -0.133. The van der Waals surface area contributed by atoms with Crippen molar-refractivity contribution in [2.24, 2.45) is 5.92 Å². The van der Waals surface area contributed by atoms with Gasteiger partial charge >= 0.3 is 0 Å². The van der Waals surface area contributed by atoms with Gasteiger partial charge in [-0.25, -0.2) is 0 Å². The van der Waals surface area contributed by atoms with Crippen LogP contribution < -0.4 is 10.2 Å². The van der Waals surface area contributed by atoms with Crippen molar-refractivity contribution in [3.05, 3.63) is 53.1 Å². The van der Waals surface area contributed by atoms with Gasteiger partial charge in [-0.15, -0.1) is 0 Å². The lowest BCUT2D eigenvalue weighted by atomic mass is 9.95. The fourth-order valence-corrected chi connectivity index (χ4v) is 4.20. The molecule has 0 aromatic carbocycles. The van der Waals surface area contributed by atoms with Crippen LogP contribution in [0.2, 0.25) is 0 Å². The fourth-order valence-electron chi connectivity index (χ4n) is 4.20. The highest BCUT2D eigenvalue weighted by atomic mass is 16.2. The van der Waals surface area contributed by atoms with Gasteiger partial charge in [0.05, 0.1) is 24.1 Å². The average Bonchev–Trinajstić information content (AvgIpc) is 3.06. The number of aromatic nitrogens is 2. The Kier molecular flexibility index (Phi) is 3.85. The van der Waals surface area contributed by atoms with Gasteiger partial charge in [0.15, 0.2) is 0 Å². The summed E-state index contributed by atoms with van der Waals surface area (Å²) >= 11 is 0. The SMILES string of the molecule is O=C(CC1CN(c2cccnc2)C1)N1Cc2cc3c(nc2C1)CCNC3. The smallest absolute Gasteiger partial charge is 0.223 e. The van der Waals surface area contributed by atoms with Gasteiger partial charge in [-0.3, -0.25) is 14.8 Å². The first-order chi connectivity index (χ1) is 12.8. The van der Waals surface area contributed by atoms with Crippen LogP contribution in [0, 0.1) is 5.92 Å². The Morgan fingerprint density at radius 3 is 3.00 bits per heavy atom. The van der Waals surface area contributed by atoms with E-state index in [0.717, 1.165) is 44.0 Å². The molecule has 2 aromatic rings. The molecule has 3 aliphatic heterocycles. The van der Waals surface area contributed by atoms with Crippen molar-refractivity contribution in [1.82, 2.24) is 20.2 Å². The molecule has 5 heterocycles. The zero-order chi connectivity index (χ0) is 17.5. The molecule has 134 valence electrons. The molecule has 1 N–H and O–H groups in total. The number of nitrogens with zero attached hydrogens (tertiary/aromatic N) is 4. The van der Waals surface area contributed by atoms with Crippen LogP contribution in [0.3, 0.4) is 0 Å². The van der Waals surface area contributed by atoms with Gasteiger partial charge in [0.25, 0.3) is 0 Å². The van der Waals surface area contributed by atoms with Crippen molar-refractivity contribution >= 4 is 11.6 Å². The van der Waals surface area contributed by atoms with Crippen LogP contribution in [0.25, 0.3) is 0 Å². The minimum absolute atomic E-state index is 0.259. The molecule has 0 aliphatic carbocycles. The Hall–Kier alpha value is -2.47. The van der Waals surface area contributed by atoms with E-state index >= 15 is 0 Å². The molecule has 1 saturated heterocycles. The number of carbonyl (C=O) groups excluding carboxylic acids is 1. The summed E-state index contributed by atoms with van der Waals surface area (Å²) in [6, 6.07) is 6.28. The highest BCUT2D eigenvalue weighted by molar-refractivity contribution is 5.77. The van der Waals surface area contributed by atoms with Crippen molar-refractivity contribution < 1.29 is 4.79 Å². The van der Waals surface area contributed by atoms with Crippen LogP contribution in [-0.2, 0) is 30.8 Å². The van der Waals surface area contributed by atoms with E-state index in [1.807, 2.05) is 17.2 Å². The second-order valence-corrected chi connectivity index (χ2v) is 7.56. The molecular formula is C20H23N5O. The number of hydrogen-bond donors (Lipinski definition) is 1. The summed E-state index contributed by atoms with van der Waals surface area (Å²) in [6.07, 6.45) is 5.30. The van der Waals surface area contributed by atoms with Gasteiger partial charge in [-0.2, -0.15) is 0 Å². The summed E-state index contributed by atoms with van der Waals surface area (Å²) in [5.41, 5.74) is 5.99. The predicted octanol–water partition coefficient (Wildman–Crippen LogP) is 1.49. The largest absolute Gasteiger partial charge is 0.370 e. The number of pyridine rings is 2. The number of amides is 1. The van der Waals surface area contributed by atoms with Crippen LogP contribution in [0.5, 0.6) is 0 Å². The van der Waals surface area contributed by atoms with Gasteiger partial charge in [0, 0.05) is 63.4 Å². The maximum Gasteiger partial charge on any atom is 0.223 e. The second-order valence-electron chi connectivity index (χ2n) is 7.56. The van der Waals surface area contributed by atoms with E-state index in [4.69, 9.17) is 4.98 Å². The molecule has 0 atom stereocenters. The molecule has 0 radical (unpaired) electrons. The number of anilines is 1. The molecule has 1 amide bonds. The number of fused-ring (bicyclic) bond motifs is 2. The quantitative estimate of drug-likeness (QED) is 0.910. The van der Waals surface area contributed by atoms with E-state index < -0.39 is 0 Å². The molecule has 0 spiro atoms. The summed E-state index contributed by atoms with van der Waals surface area (Å²) in [6.45, 7) is 5.17. The van der Waals surface area contributed by atoms with E-state index in [2.05, 4.69) is 27.3 Å². The predicted molar refractivity (Wildman–Crippen MR) is 98.5 cm³/mol. The van der Waals surface area contributed by atoms with E-state index in [-0.39, 0.29) is 5.91 Å². The molecule has 6 nitrogen and oxygen atoms in total. The molecule has 26 heavy (non-hydrogen) atoms. The van der Waals surface area contributed by atoms with Gasteiger partial charge in [-0.05, 0) is 29.3 Å². The Balaban J connectivity index is 1.19. The third-order valence-corrected chi connectivity index (χ3v) is 5.70. The summed E-state index contributed by atoms with van der Waals surface area (Å²) < 4.78 is 0. The van der Waals surface area contributed by atoms with E-state index in [9.17, 15) is 4.79 Å². The molecule has 2 aromatic heterocycles. The molecule has 3 aliphatic rings. The standard InChI is InChI=1S/C20H23N5O/c26-20(6-14-10-24(11-14)17-2-1-4-21-9-17)25-12-16-7-15-8-22-5-3-18(15)23-19(16)13-25/h1-2,4,7,9,14,22H,3,5-6,8,10-13H2. The van der Waals surface area contributed by atoms with Gasteiger partial charge in [-0.1, -0.05) is 0 Å². The molecule has 6 heteroatoms.